The van der Waals surface area contributed by atoms with Crippen LogP contribution in [0.2, 0.25) is 0 Å². The van der Waals surface area contributed by atoms with Crippen molar-refractivity contribution in [2.45, 2.75) is 38.5 Å². The maximum atomic E-state index is 16.2. The molecular formula is C24H25FN6O7. The lowest BCUT2D eigenvalue weighted by Gasteiger charge is -2.55. The number of nitrogens with one attached hydrogen (secondary N) is 2. The highest BCUT2D eigenvalue weighted by atomic mass is 19.1. The fourth-order valence-corrected chi connectivity index (χ4v) is 6.18. The van der Waals surface area contributed by atoms with Crippen molar-refractivity contribution in [2.24, 2.45) is 5.41 Å². The van der Waals surface area contributed by atoms with E-state index in [2.05, 4.69) is 15.8 Å². The van der Waals surface area contributed by atoms with Gasteiger partial charge >= 0.3 is 6.03 Å². The Balaban J connectivity index is 1.50. The average molecular weight is 528 g/mol. The maximum Gasteiger partial charge on any atom is 0.328 e. The molecule has 3 saturated heterocycles. The van der Waals surface area contributed by atoms with Crippen molar-refractivity contribution in [2.75, 3.05) is 38.1 Å². The molecule has 0 aliphatic carbocycles. The Labute approximate surface area is 215 Å². The number of carbonyl (C=O) groups excluding carboxylic acids is 5. The third-order valence-corrected chi connectivity index (χ3v) is 7.91. The van der Waals surface area contributed by atoms with Gasteiger partial charge in [-0.25, -0.2) is 9.18 Å². The highest BCUT2D eigenvalue weighted by molar-refractivity contribution is 6.20. The van der Waals surface area contributed by atoms with E-state index >= 15 is 4.39 Å². The number of hydrogen-bond acceptors (Lipinski definition) is 9. The summed E-state index contributed by atoms with van der Waals surface area (Å²) in [6.07, 6.45) is -1.29. The minimum absolute atomic E-state index is 0.0632. The first kappa shape index (κ1) is 24.3. The van der Waals surface area contributed by atoms with Crippen molar-refractivity contribution in [3.05, 3.63) is 23.1 Å². The van der Waals surface area contributed by atoms with Crippen LogP contribution in [0.5, 0.6) is 0 Å². The fraction of sp³-hybridized carbons (Fsp3) is 0.500. The number of halogens is 1. The summed E-state index contributed by atoms with van der Waals surface area (Å²) >= 11 is 0. The Hall–Kier alpha value is -4.07. The Morgan fingerprint density at radius 3 is 2.55 bits per heavy atom. The molecule has 1 aromatic heterocycles. The summed E-state index contributed by atoms with van der Waals surface area (Å²) in [5, 5.41) is 8.27. The minimum Gasteiger partial charge on any atom is -0.372 e. The van der Waals surface area contributed by atoms with Crippen molar-refractivity contribution < 1.29 is 37.6 Å². The van der Waals surface area contributed by atoms with Gasteiger partial charge in [-0.3, -0.25) is 29.8 Å². The number of piperazine rings is 1. The fourth-order valence-electron chi connectivity index (χ4n) is 6.18. The number of urea groups is 1. The molecule has 6 amide bonds. The van der Waals surface area contributed by atoms with Gasteiger partial charge in [0.25, 0.3) is 5.91 Å². The standard InChI is InChI=1S/C24H25FN6O7/c1-10-8-31-17-12(7-24(19(31)11(2)37-10)21(34)26-23(36)27-22(24)35)6-13-16(28-38-18(13)15(17)25)20(33)30-5-4-29(3)14(32)9-30/h6,10-11,19H,4-5,7-9H2,1-3H3,(H2,26,27,34,35,36)/t10-,11+,19?/m1/s1. The second-order valence-corrected chi connectivity index (χ2v) is 10.3. The molecule has 3 atom stereocenters. The first-order chi connectivity index (χ1) is 18.0. The van der Waals surface area contributed by atoms with Crippen molar-refractivity contribution in [3.8, 4) is 0 Å². The molecule has 2 aromatic rings. The van der Waals surface area contributed by atoms with Gasteiger partial charge in [-0.15, -0.1) is 0 Å². The number of barbiturate groups is 1. The molecule has 200 valence electrons. The Morgan fingerprint density at radius 1 is 1.16 bits per heavy atom. The molecule has 1 spiro atoms. The van der Waals surface area contributed by atoms with Gasteiger partial charge in [0.2, 0.25) is 23.3 Å². The van der Waals surface area contributed by atoms with Crippen LogP contribution in [0.25, 0.3) is 11.0 Å². The van der Waals surface area contributed by atoms with Crippen LogP contribution in [0.4, 0.5) is 14.9 Å². The van der Waals surface area contributed by atoms with Crippen molar-refractivity contribution in [1.29, 1.82) is 0 Å². The zero-order valence-corrected chi connectivity index (χ0v) is 20.9. The van der Waals surface area contributed by atoms with Crippen molar-refractivity contribution >= 4 is 46.3 Å². The molecule has 2 N–H and O–H groups in total. The number of rotatable bonds is 1. The number of anilines is 1. The predicted molar refractivity (Wildman–Crippen MR) is 126 cm³/mol. The first-order valence-electron chi connectivity index (χ1n) is 12.3. The smallest absolute Gasteiger partial charge is 0.328 e. The van der Waals surface area contributed by atoms with Gasteiger partial charge in [0, 0.05) is 33.1 Å². The molecule has 1 aromatic carbocycles. The van der Waals surface area contributed by atoms with Crippen LogP contribution < -0.4 is 15.5 Å². The second-order valence-electron chi connectivity index (χ2n) is 10.3. The Kier molecular flexibility index (Phi) is 5.25. The molecule has 4 aliphatic rings. The number of likely N-dealkylation sites (N-methyl/N-ethyl adjacent to an activating group) is 1. The zero-order valence-electron chi connectivity index (χ0n) is 20.9. The lowest BCUT2D eigenvalue weighted by Crippen LogP contribution is -2.75. The molecule has 0 saturated carbocycles. The van der Waals surface area contributed by atoms with E-state index in [-0.39, 0.29) is 66.0 Å². The third-order valence-electron chi connectivity index (χ3n) is 7.91. The number of nitrogens with zero attached hydrogens (tertiary/aromatic N) is 4. The van der Waals surface area contributed by atoms with Crippen LogP contribution in [0.3, 0.4) is 0 Å². The Morgan fingerprint density at radius 2 is 1.87 bits per heavy atom. The molecule has 13 nitrogen and oxygen atoms in total. The zero-order chi connectivity index (χ0) is 27.1. The summed E-state index contributed by atoms with van der Waals surface area (Å²) in [4.78, 5) is 68.4. The largest absolute Gasteiger partial charge is 0.372 e. The number of amides is 6. The summed E-state index contributed by atoms with van der Waals surface area (Å²) in [5.74, 6) is -3.24. The number of hydrogen-bond donors (Lipinski definition) is 2. The van der Waals surface area contributed by atoms with Crippen molar-refractivity contribution in [1.82, 2.24) is 25.6 Å². The molecule has 6 rings (SSSR count). The lowest BCUT2D eigenvalue weighted by molar-refractivity contribution is -0.153. The van der Waals surface area contributed by atoms with Crippen LogP contribution in [0.1, 0.15) is 29.9 Å². The highest BCUT2D eigenvalue weighted by Gasteiger charge is 2.63. The van der Waals surface area contributed by atoms with E-state index in [4.69, 9.17) is 9.26 Å². The SMILES string of the molecule is C[C@@H]1CN2c3c(cc4c(C(=O)N5CCN(C)C(=O)C5)noc4c3F)CC3(C(=O)NC(=O)NC3=O)C2[C@H](C)O1. The van der Waals surface area contributed by atoms with Gasteiger partial charge in [-0.2, -0.15) is 0 Å². The first-order valence-corrected chi connectivity index (χ1v) is 12.3. The van der Waals surface area contributed by atoms with E-state index in [1.165, 1.54) is 15.9 Å². The van der Waals surface area contributed by atoms with Gasteiger partial charge in [-0.05, 0) is 25.5 Å². The van der Waals surface area contributed by atoms with Gasteiger partial charge in [0.15, 0.2) is 16.9 Å². The van der Waals surface area contributed by atoms with Crippen molar-refractivity contribution in [3.63, 3.8) is 0 Å². The number of imide groups is 2. The highest BCUT2D eigenvalue weighted by Crippen LogP contribution is 2.49. The number of benzene rings is 1. The molecule has 4 aliphatic heterocycles. The Bertz CT molecular complexity index is 1420. The predicted octanol–water partition coefficient (Wildman–Crippen LogP) is -0.228. The van der Waals surface area contributed by atoms with E-state index in [9.17, 15) is 24.0 Å². The molecule has 38 heavy (non-hydrogen) atoms. The normalized spacial score (nSPS) is 26.8. The molecular weight excluding hydrogens is 503 g/mol. The third kappa shape index (κ3) is 3.25. The summed E-state index contributed by atoms with van der Waals surface area (Å²) in [7, 11) is 1.64. The van der Waals surface area contributed by atoms with Gasteiger partial charge < -0.3 is 24.0 Å². The number of carbonyl (C=O) groups is 5. The average Bonchev–Trinajstić information content (AvgIpc) is 3.27. The van der Waals surface area contributed by atoms with E-state index in [0.717, 1.165) is 0 Å². The number of ether oxygens (including phenoxy) is 1. The van der Waals surface area contributed by atoms with Crippen LogP contribution in [-0.2, 0) is 25.5 Å². The lowest BCUT2D eigenvalue weighted by atomic mass is 9.66. The van der Waals surface area contributed by atoms with E-state index in [1.807, 2.05) is 0 Å². The van der Waals surface area contributed by atoms with Gasteiger partial charge in [-0.1, -0.05) is 5.16 Å². The van der Waals surface area contributed by atoms with Crippen LogP contribution >= 0.6 is 0 Å². The molecule has 0 radical (unpaired) electrons. The van der Waals surface area contributed by atoms with Crippen LogP contribution in [-0.4, -0.2) is 96.1 Å². The van der Waals surface area contributed by atoms with E-state index < -0.39 is 47.1 Å². The van der Waals surface area contributed by atoms with E-state index in [1.54, 1.807) is 25.8 Å². The van der Waals surface area contributed by atoms with Crippen LogP contribution in [0, 0.1) is 11.2 Å². The van der Waals surface area contributed by atoms with E-state index in [0.29, 0.717) is 6.54 Å². The number of aromatic nitrogens is 1. The van der Waals surface area contributed by atoms with Crippen LogP contribution in [0.15, 0.2) is 10.6 Å². The molecule has 0 bridgehead atoms. The second kappa shape index (κ2) is 8.21. The van der Waals surface area contributed by atoms with Gasteiger partial charge in [0.1, 0.15) is 6.54 Å². The quantitative estimate of drug-likeness (QED) is 0.478. The number of fused-ring (bicyclic) bond motifs is 5. The molecule has 5 heterocycles. The topological polar surface area (TPSA) is 154 Å². The van der Waals surface area contributed by atoms with Gasteiger partial charge in [0.05, 0.1) is 29.3 Å². The molecule has 3 fully saturated rings. The summed E-state index contributed by atoms with van der Waals surface area (Å²) in [5.41, 5.74) is -1.82. The number of morpholine rings is 1. The maximum absolute atomic E-state index is 16.2. The minimum atomic E-state index is -1.80. The molecule has 14 heteroatoms. The monoisotopic (exact) mass is 528 g/mol. The molecule has 1 unspecified atom stereocenters. The summed E-state index contributed by atoms with van der Waals surface area (Å²) in [6.45, 7) is 4.09. The summed E-state index contributed by atoms with van der Waals surface area (Å²) in [6, 6.07) is -0.364. The summed E-state index contributed by atoms with van der Waals surface area (Å²) < 4.78 is 27.4.